The van der Waals surface area contributed by atoms with Gasteiger partial charge in [0.05, 0.1) is 6.10 Å². The molecular weight excluding hydrogens is 475 g/mol. The Morgan fingerprint density at radius 1 is 1.14 bits per heavy atom. The SMILES string of the molecule is CN=C(NCc1ccc(N2CC=CC2)cc1)NCC1CCCOC1C(C)(C)C.I. The topological polar surface area (TPSA) is 48.9 Å². The number of hydrogen-bond acceptors (Lipinski definition) is 3. The van der Waals surface area contributed by atoms with E-state index in [1.54, 1.807) is 0 Å². The molecule has 29 heavy (non-hydrogen) atoms. The average Bonchev–Trinajstić information content (AvgIpc) is 3.23. The molecule has 0 bridgehead atoms. The second kappa shape index (κ2) is 11.2. The van der Waals surface area contributed by atoms with Gasteiger partial charge in [0, 0.05) is 51.4 Å². The molecule has 2 aliphatic heterocycles. The van der Waals surface area contributed by atoms with Crippen LogP contribution in [0.3, 0.4) is 0 Å². The maximum Gasteiger partial charge on any atom is 0.191 e. The number of hydrogen-bond donors (Lipinski definition) is 2. The summed E-state index contributed by atoms with van der Waals surface area (Å²) < 4.78 is 6.09. The molecule has 2 heterocycles. The minimum absolute atomic E-state index is 0. The van der Waals surface area contributed by atoms with Crippen LogP contribution in [-0.4, -0.2) is 45.4 Å². The molecule has 1 aromatic rings. The van der Waals surface area contributed by atoms with Gasteiger partial charge < -0.3 is 20.3 Å². The number of guanidine groups is 1. The number of halogens is 1. The number of nitrogens with one attached hydrogen (secondary N) is 2. The Morgan fingerprint density at radius 3 is 2.45 bits per heavy atom. The largest absolute Gasteiger partial charge is 0.377 e. The van der Waals surface area contributed by atoms with Gasteiger partial charge in [0.25, 0.3) is 0 Å². The fourth-order valence-electron chi connectivity index (χ4n) is 4.16. The van der Waals surface area contributed by atoms with Crippen LogP contribution < -0.4 is 15.5 Å². The first-order valence-corrected chi connectivity index (χ1v) is 10.5. The highest BCUT2D eigenvalue weighted by Gasteiger charge is 2.35. The highest BCUT2D eigenvalue weighted by atomic mass is 127. The minimum Gasteiger partial charge on any atom is -0.377 e. The quantitative estimate of drug-likeness (QED) is 0.269. The summed E-state index contributed by atoms with van der Waals surface area (Å²) in [6, 6.07) is 8.79. The zero-order valence-electron chi connectivity index (χ0n) is 18.3. The predicted octanol–water partition coefficient (Wildman–Crippen LogP) is 4.19. The molecular formula is C23H37IN4O. The Morgan fingerprint density at radius 2 is 1.83 bits per heavy atom. The zero-order chi connectivity index (χ0) is 20.0. The van der Waals surface area contributed by atoms with Gasteiger partial charge in [-0.2, -0.15) is 0 Å². The van der Waals surface area contributed by atoms with Crippen LogP contribution in [0.5, 0.6) is 0 Å². The number of aliphatic imine (C=N–C) groups is 1. The van der Waals surface area contributed by atoms with Crippen molar-refractivity contribution in [3.05, 3.63) is 42.0 Å². The van der Waals surface area contributed by atoms with E-state index >= 15 is 0 Å². The third-order valence-corrected chi connectivity index (χ3v) is 5.63. The summed E-state index contributed by atoms with van der Waals surface area (Å²) in [7, 11) is 1.83. The summed E-state index contributed by atoms with van der Waals surface area (Å²) in [5.74, 6) is 1.37. The van der Waals surface area contributed by atoms with E-state index in [9.17, 15) is 0 Å². The van der Waals surface area contributed by atoms with Crippen LogP contribution >= 0.6 is 24.0 Å². The lowest BCUT2D eigenvalue weighted by atomic mass is 9.78. The Labute approximate surface area is 193 Å². The van der Waals surface area contributed by atoms with Crippen molar-refractivity contribution in [2.45, 2.75) is 46.3 Å². The Balaban J connectivity index is 0.00000300. The first kappa shape index (κ1) is 24.0. The lowest BCUT2D eigenvalue weighted by Crippen LogP contribution is -2.47. The van der Waals surface area contributed by atoms with Crippen molar-refractivity contribution >= 4 is 35.6 Å². The molecule has 162 valence electrons. The lowest BCUT2D eigenvalue weighted by molar-refractivity contribution is -0.0835. The minimum atomic E-state index is 0. The molecule has 0 radical (unpaired) electrons. The second-order valence-electron chi connectivity index (χ2n) is 8.91. The molecule has 1 fully saturated rings. The van der Waals surface area contributed by atoms with Gasteiger partial charge >= 0.3 is 0 Å². The first-order chi connectivity index (χ1) is 13.5. The van der Waals surface area contributed by atoms with Gasteiger partial charge in [-0.15, -0.1) is 24.0 Å². The third-order valence-electron chi connectivity index (χ3n) is 5.63. The van der Waals surface area contributed by atoms with Gasteiger partial charge in [0.2, 0.25) is 0 Å². The maximum atomic E-state index is 6.09. The summed E-state index contributed by atoms with van der Waals surface area (Å²) in [4.78, 5) is 6.75. The Hall–Kier alpha value is -1.28. The second-order valence-corrected chi connectivity index (χ2v) is 8.91. The number of ether oxygens (including phenoxy) is 1. The predicted molar refractivity (Wildman–Crippen MR) is 133 cm³/mol. The van der Waals surface area contributed by atoms with Gasteiger partial charge in [0.1, 0.15) is 0 Å². The van der Waals surface area contributed by atoms with Crippen LogP contribution in [0.15, 0.2) is 41.4 Å². The van der Waals surface area contributed by atoms with Crippen molar-refractivity contribution in [3.63, 3.8) is 0 Å². The van der Waals surface area contributed by atoms with Crippen LogP contribution in [0, 0.1) is 11.3 Å². The molecule has 0 amide bonds. The summed E-state index contributed by atoms with van der Waals surface area (Å²) in [5, 5.41) is 6.95. The Kier molecular flexibility index (Phi) is 9.27. The summed E-state index contributed by atoms with van der Waals surface area (Å²) in [5.41, 5.74) is 2.70. The van der Waals surface area contributed by atoms with Gasteiger partial charge in [-0.25, -0.2) is 0 Å². The van der Waals surface area contributed by atoms with Crippen molar-refractivity contribution in [2.75, 3.05) is 38.2 Å². The molecule has 2 unspecified atom stereocenters. The van der Waals surface area contributed by atoms with Crippen LogP contribution in [0.1, 0.15) is 39.2 Å². The maximum absolute atomic E-state index is 6.09. The average molecular weight is 512 g/mol. The normalized spacial score (nSPS) is 22.3. The molecule has 0 saturated carbocycles. The van der Waals surface area contributed by atoms with Crippen molar-refractivity contribution in [3.8, 4) is 0 Å². The van der Waals surface area contributed by atoms with Gasteiger partial charge in [-0.05, 0) is 36.0 Å². The van der Waals surface area contributed by atoms with E-state index in [1.165, 1.54) is 17.7 Å². The fraction of sp³-hybridized carbons (Fsp3) is 0.609. The van der Waals surface area contributed by atoms with E-state index in [4.69, 9.17) is 4.74 Å². The smallest absolute Gasteiger partial charge is 0.191 e. The number of nitrogens with zero attached hydrogens (tertiary/aromatic N) is 2. The van der Waals surface area contributed by atoms with Gasteiger partial charge in [-0.1, -0.05) is 45.1 Å². The molecule has 0 aliphatic carbocycles. The zero-order valence-corrected chi connectivity index (χ0v) is 20.6. The Bertz CT molecular complexity index is 673. The molecule has 2 aliphatic rings. The number of benzene rings is 1. The van der Waals surface area contributed by atoms with Crippen molar-refractivity contribution in [1.82, 2.24) is 10.6 Å². The van der Waals surface area contributed by atoms with Gasteiger partial charge in [-0.3, -0.25) is 4.99 Å². The van der Waals surface area contributed by atoms with E-state index in [0.29, 0.717) is 12.0 Å². The molecule has 3 rings (SSSR count). The van der Waals surface area contributed by atoms with Crippen LogP contribution in [0.2, 0.25) is 0 Å². The van der Waals surface area contributed by atoms with E-state index < -0.39 is 0 Å². The summed E-state index contributed by atoms with van der Waals surface area (Å²) in [6.07, 6.45) is 7.07. The molecule has 1 aromatic carbocycles. The standard InChI is InChI=1S/C23H36N4O.HI/c1-23(2,3)21-19(8-7-15-28-21)17-26-22(24-4)25-16-18-9-11-20(12-10-18)27-13-5-6-14-27;/h5-6,9-12,19,21H,7-8,13-17H2,1-4H3,(H2,24,25,26);1H. The molecule has 5 nitrogen and oxygen atoms in total. The monoisotopic (exact) mass is 512 g/mol. The molecule has 6 heteroatoms. The van der Waals surface area contributed by atoms with E-state index in [1.807, 2.05) is 7.05 Å². The van der Waals surface area contributed by atoms with Crippen molar-refractivity contribution in [2.24, 2.45) is 16.3 Å². The van der Waals surface area contributed by atoms with Crippen molar-refractivity contribution < 1.29 is 4.74 Å². The molecule has 2 N–H and O–H groups in total. The highest BCUT2D eigenvalue weighted by Crippen LogP contribution is 2.33. The van der Waals surface area contributed by atoms with Crippen LogP contribution in [0.25, 0.3) is 0 Å². The van der Waals surface area contributed by atoms with E-state index in [-0.39, 0.29) is 29.4 Å². The molecule has 0 aromatic heterocycles. The number of rotatable bonds is 5. The number of anilines is 1. The van der Waals surface area contributed by atoms with Crippen LogP contribution in [-0.2, 0) is 11.3 Å². The molecule has 0 spiro atoms. The summed E-state index contributed by atoms with van der Waals surface area (Å²) >= 11 is 0. The fourth-order valence-corrected chi connectivity index (χ4v) is 4.16. The highest BCUT2D eigenvalue weighted by molar-refractivity contribution is 14.0. The van der Waals surface area contributed by atoms with E-state index in [0.717, 1.165) is 45.2 Å². The first-order valence-electron chi connectivity index (χ1n) is 10.5. The summed E-state index contributed by atoms with van der Waals surface area (Å²) in [6.45, 7) is 11.4. The van der Waals surface area contributed by atoms with E-state index in [2.05, 4.69) is 77.7 Å². The van der Waals surface area contributed by atoms with Crippen LogP contribution in [0.4, 0.5) is 5.69 Å². The lowest BCUT2D eigenvalue weighted by Gasteiger charge is -2.40. The van der Waals surface area contributed by atoms with Gasteiger partial charge in [0.15, 0.2) is 5.96 Å². The molecule has 1 saturated heterocycles. The molecule has 2 atom stereocenters. The third kappa shape index (κ3) is 6.88. The van der Waals surface area contributed by atoms with Crippen molar-refractivity contribution in [1.29, 1.82) is 0 Å².